The summed E-state index contributed by atoms with van der Waals surface area (Å²) in [5.41, 5.74) is 4.02. The van der Waals surface area contributed by atoms with Gasteiger partial charge in [-0.25, -0.2) is 4.79 Å². The first-order valence-electron chi connectivity index (χ1n) is 12.7. The van der Waals surface area contributed by atoms with E-state index in [0.29, 0.717) is 12.8 Å². The van der Waals surface area contributed by atoms with Gasteiger partial charge in [0.1, 0.15) is 6.61 Å². The summed E-state index contributed by atoms with van der Waals surface area (Å²) in [6, 6.07) is 19.9. The maximum Gasteiger partial charge on any atom is 0.416 e. The maximum absolute atomic E-state index is 13.3. The molecule has 0 spiro atoms. The van der Waals surface area contributed by atoms with Crippen LogP contribution in [0.3, 0.4) is 0 Å². The van der Waals surface area contributed by atoms with Crippen molar-refractivity contribution in [3.8, 4) is 11.1 Å². The molecule has 2 aliphatic heterocycles. The van der Waals surface area contributed by atoms with Crippen LogP contribution in [0.1, 0.15) is 45.8 Å². The fraction of sp³-hybridized carbons (Fsp3) is 0.333. The minimum atomic E-state index is -4.45. The summed E-state index contributed by atoms with van der Waals surface area (Å²) in [4.78, 5) is 28.2. The predicted molar refractivity (Wildman–Crippen MR) is 134 cm³/mol. The second-order valence-electron chi connectivity index (χ2n) is 10.2. The number of alkyl halides is 3. The van der Waals surface area contributed by atoms with Gasteiger partial charge in [-0.3, -0.25) is 9.69 Å². The molecule has 2 fully saturated rings. The van der Waals surface area contributed by atoms with E-state index in [0.717, 1.165) is 34.4 Å². The second kappa shape index (κ2) is 9.58. The topological polar surface area (TPSA) is 55.8 Å². The van der Waals surface area contributed by atoms with Gasteiger partial charge in [0, 0.05) is 17.4 Å². The number of rotatable bonds is 4. The second-order valence-corrected chi connectivity index (χ2v) is 10.2. The number of Topliss-reactive ketones (excluding diaryl/α,β-unsaturated/α-hetero) is 1. The van der Waals surface area contributed by atoms with Crippen molar-refractivity contribution in [2.24, 2.45) is 5.92 Å². The number of halogens is 3. The number of carbonyl (C=O) groups excluding carboxylic acids is 2. The lowest BCUT2D eigenvalue weighted by Gasteiger charge is -2.47. The summed E-state index contributed by atoms with van der Waals surface area (Å²) in [6.45, 7) is 0.784. The molecule has 2 saturated heterocycles. The molecule has 3 aromatic carbocycles. The Bertz CT molecular complexity index is 1310. The van der Waals surface area contributed by atoms with E-state index in [1.165, 1.54) is 12.1 Å². The van der Waals surface area contributed by atoms with Gasteiger partial charge in [0.2, 0.25) is 0 Å². The van der Waals surface area contributed by atoms with Gasteiger partial charge in [-0.15, -0.1) is 0 Å². The zero-order chi connectivity index (χ0) is 26.4. The standard InChI is InChI=1S/C30H26F3NO4/c31-30(32,33)20-11-9-18(10-12-20)28(35)19-13-21-15-37-16-22(14-19)34(21)29(36)38-17-27-25-7-3-1-5-23(25)24-6-2-4-8-26(24)27/h1-12,19,21-22,27H,13-17H2. The molecular weight excluding hydrogens is 495 g/mol. The quantitative estimate of drug-likeness (QED) is 0.377. The maximum atomic E-state index is 13.3. The average molecular weight is 522 g/mol. The molecule has 2 unspecified atom stereocenters. The molecule has 1 amide bonds. The zero-order valence-corrected chi connectivity index (χ0v) is 20.5. The Morgan fingerprint density at radius 1 is 0.842 bits per heavy atom. The number of amides is 1. The smallest absolute Gasteiger partial charge is 0.416 e. The third kappa shape index (κ3) is 4.36. The lowest BCUT2D eigenvalue weighted by Crippen LogP contribution is -2.60. The van der Waals surface area contributed by atoms with Gasteiger partial charge in [0.25, 0.3) is 0 Å². The summed E-state index contributed by atoms with van der Waals surface area (Å²) >= 11 is 0. The van der Waals surface area contributed by atoms with Crippen molar-refractivity contribution in [3.63, 3.8) is 0 Å². The van der Waals surface area contributed by atoms with Crippen LogP contribution >= 0.6 is 0 Å². The van der Waals surface area contributed by atoms with Gasteiger partial charge in [0.05, 0.1) is 30.9 Å². The number of ether oxygens (including phenoxy) is 2. The Balaban J connectivity index is 1.14. The van der Waals surface area contributed by atoms with E-state index < -0.39 is 23.8 Å². The number of fused-ring (bicyclic) bond motifs is 5. The van der Waals surface area contributed by atoms with E-state index in [2.05, 4.69) is 24.3 Å². The van der Waals surface area contributed by atoms with Gasteiger partial charge in [-0.2, -0.15) is 13.2 Å². The number of hydrogen-bond acceptors (Lipinski definition) is 4. The fourth-order valence-corrected chi connectivity index (χ4v) is 6.16. The van der Waals surface area contributed by atoms with E-state index in [4.69, 9.17) is 9.47 Å². The molecule has 0 N–H and O–H groups in total. The van der Waals surface area contributed by atoms with Crippen molar-refractivity contribution in [2.45, 2.75) is 37.0 Å². The van der Waals surface area contributed by atoms with Crippen LogP contribution in [0, 0.1) is 5.92 Å². The molecule has 3 aliphatic rings. The van der Waals surface area contributed by atoms with Crippen molar-refractivity contribution in [2.75, 3.05) is 19.8 Å². The molecule has 2 heterocycles. The van der Waals surface area contributed by atoms with Gasteiger partial charge < -0.3 is 9.47 Å². The molecule has 38 heavy (non-hydrogen) atoms. The number of morpholine rings is 1. The number of carbonyl (C=O) groups is 2. The molecule has 196 valence electrons. The number of benzene rings is 3. The fourth-order valence-electron chi connectivity index (χ4n) is 6.16. The first-order chi connectivity index (χ1) is 18.3. The van der Waals surface area contributed by atoms with Crippen LogP contribution in [0.4, 0.5) is 18.0 Å². The average Bonchev–Trinajstić information content (AvgIpc) is 3.24. The van der Waals surface area contributed by atoms with Crippen LogP contribution in [-0.4, -0.2) is 48.7 Å². The van der Waals surface area contributed by atoms with Gasteiger partial charge in [0.15, 0.2) is 5.78 Å². The molecule has 0 aromatic heterocycles. The predicted octanol–water partition coefficient (Wildman–Crippen LogP) is 6.32. The first-order valence-corrected chi connectivity index (χ1v) is 12.7. The first kappa shape index (κ1) is 24.7. The van der Waals surface area contributed by atoms with E-state index in [9.17, 15) is 22.8 Å². The van der Waals surface area contributed by atoms with Gasteiger partial charge in [-0.1, -0.05) is 60.7 Å². The molecule has 8 heteroatoms. The van der Waals surface area contributed by atoms with Crippen molar-refractivity contribution in [1.29, 1.82) is 0 Å². The lowest BCUT2D eigenvalue weighted by molar-refractivity contribution is -0.137. The largest absolute Gasteiger partial charge is 0.448 e. The molecule has 5 nitrogen and oxygen atoms in total. The summed E-state index contributed by atoms with van der Waals surface area (Å²) in [6.07, 6.45) is -4.13. The molecule has 6 rings (SSSR count). The van der Waals surface area contributed by atoms with Crippen molar-refractivity contribution < 1.29 is 32.2 Å². The molecule has 3 aromatic rings. The van der Waals surface area contributed by atoms with Crippen LogP contribution in [0.15, 0.2) is 72.8 Å². The van der Waals surface area contributed by atoms with Gasteiger partial charge >= 0.3 is 12.3 Å². The van der Waals surface area contributed by atoms with E-state index in [1.807, 2.05) is 24.3 Å². The molecule has 2 atom stereocenters. The highest BCUT2D eigenvalue weighted by molar-refractivity contribution is 5.98. The Kier molecular flexibility index (Phi) is 6.22. The minimum absolute atomic E-state index is 0.0544. The summed E-state index contributed by atoms with van der Waals surface area (Å²) in [5.74, 6) is -0.660. The SMILES string of the molecule is O=C(c1ccc(C(F)(F)F)cc1)C1CC2COCC(C1)N2C(=O)OCC1c2ccccc2-c2ccccc21. The lowest BCUT2D eigenvalue weighted by atomic mass is 9.81. The highest BCUT2D eigenvalue weighted by Crippen LogP contribution is 2.45. The summed E-state index contributed by atoms with van der Waals surface area (Å²) in [7, 11) is 0. The van der Waals surface area contributed by atoms with Crippen LogP contribution in [0.2, 0.25) is 0 Å². The Morgan fingerprint density at radius 2 is 1.39 bits per heavy atom. The van der Waals surface area contributed by atoms with Crippen LogP contribution in [0.25, 0.3) is 11.1 Å². The summed E-state index contributed by atoms with van der Waals surface area (Å²) < 4.78 is 50.3. The highest BCUT2D eigenvalue weighted by Gasteiger charge is 2.45. The van der Waals surface area contributed by atoms with Crippen molar-refractivity contribution in [1.82, 2.24) is 4.90 Å². The number of ketones is 1. The number of hydrogen-bond donors (Lipinski definition) is 0. The summed E-state index contributed by atoms with van der Waals surface area (Å²) in [5, 5.41) is 0. The van der Waals surface area contributed by atoms with Crippen molar-refractivity contribution in [3.05, 3.63) is 95.1 Å². The van der Waals surface area contributed by atoms with E-state index in [1.54, 1.807) is 4.90 Å². The normalized spacial score (nSPS) is 22.5. The Hall–Kier alpha value is -3.65. The van der Waals surface area contributed by atoms with Crippen molar-refractivity contribution >= 4 is 11.9 Å². The monoisotopic (exact) mass is 521 g/mol. The van der Waals surface area contributed by atoms with Crippen LogP contribution in [0.5, 0.6) is 0 Å². The Labute approximate surface area is 218 Å². The van der Waals surface area contributed by atoms with Gasteiger partial charge in [-0.05, 0) is 47.2 Å². The molecule has 0 radical (unpaired) electrons. The molecule has 1 aliphatic carbocycles. The third-order valence-electron chi connectivity index (χ3n) is 7.93. The van der Waals surface area contributed by atoms with Crippen LogP contribution in [-0.2, 0) is 15.7 Å². The van der Waals surface area contributed by atoms with Crippen LogP contribution < -0.4 is 0 Å². The third-order valence-corrected chi connectivity index (χ3v) is 7.93. The molecular formula is C30H26F3NO4. The number of piperidine rings is 1. The molecule has 2 bridgehead atoms. The zero-order valence-electron chi connectivity index (χ0n) is 20.5. The molecule has 0 saturated carbocycles. The number of nitrogens with zero attached hydrogens (tertiary/aromatic N) is 1. The highest BCUT2D eigenvalue weighted by atomic mass is 19.4. The Morgan fingerprint density at radius 3 is 1.95 bits per heavy atom. The minimum Gasteiger partial charge on any atom is -0.448 e. The van der Waals surface area contributed by atoms with E-state index >= 15 is 0 Å². The van der Waals surface area contributed by atoms with E-state index in [-0.39, 0.29) is 49.2 Å².